The molecule has 1 fully saturated rings. The number of halogens is 2. The molecule has 1 aliphatic rings. The minimum absolute atomic E-state index is 0.00953. The molecule has 1 saturated heterocycles. The smallest absolute Gasteiger partial charge is 0.410 e. The van der Waals surface area contributed by atoms with Crippen LogP contribution in [0.3, 0.4) is 0 Å². The Balaban J connectivity index is 2.18. The fraction of sp³-hybridized carbons (Fsp3) is 0.643. The summed E-state index contributed by atoms with van der Waals surface area (Å²) in [5.41, 5.74) is -0.0542. The van der Waals surface area contributed by atoms with E-state index in [1.165, 1.54) is 0 Å². The van der Waals surface area contributed by atoms with Gasteiger partial charge in [0.1, 0.15) is 26.4 Å². The average Bonchev–Trinajstić information content (AvgIpc) is 2.88. The van der Waals surface area contributed by atoms with Crippen LogP contribution >= 0.6 is 31.9 Å². The first-order valence-corrected chi connectivity index (χ1v) is 8.56. The molecular weight excluding hydrogens is 416 g/mol. The van der Waals surface area contributed by atoms with Crippen molar-refractivity contribution in [3.63, 3.8) is 0 Å². The Labute approximate surface area is 146 Å². The van der Waals surface area contributed by atoms with E-state index in [0.29, 0.717) is 21.3 Å². The lowest BCUT2D eigenvalue weighted by atomic mass is 10.2. The summed E-state index contributed by atoms with van der Waals surface area (Å²) in [6.07, 6.45) is 0.446. The fourth-order valence-electron chi connectivity index (χ4n) is 2.48. The maximum absolute atomic E-state index is 12.3. The molecule has 0 saturated carbocycles. The number of carbonyl (C=O) groups is 1. The second-order valence-corrected chi connectivity index (χ2v) is 7.89. The molecule has 2 atom stereocenters. The Bertz CT molecular complexity index is 630. The van der Waals surface area contributed by atoms with Gasteiger partial charge >= 0.3 is 6.09 Å². The first-order chi connectivity index (χ1) is 10.1. The molecule has 2 heterocycles. The van der Waals surface area contributed by atoms with Crippen LogP contribution in [-0.2, 0) is 4.74 Å². The van der Waals surface area contributed by atoms with E-state index in [4.69, 9.17) is 10.00 Å². The molecule has 0 unspecified atom stereocenters. The zero-order valence-corrected chi connectivity index (χ0v) is 16.1. The zero-order chi connectivity index (χ0) is 16.7. The van der Waals surface area contributed by atoms with Crippen LogP contribution in [0.2, 0.25) is 0 Å². The third-order valence-corrected chi connectivity index (χ3v) is 4.76. The van der Waals surface area contributed by atoms with Crippen molar-refractivity contribution < 1.29 is 9.53 Å². The van der Waals surface area contributed by atoms with E-state index in [1.54, 1.807) is 9.58 Å². The topological polar surface area (TPSA) is 71.2 Å². The highest BCUT2D eigenvalue weighted by atomic mass is 79.9. The SMILES string of the molecule is C[C@H]1C[C@H](n2nc(Br)c(C#N)c2Br)CN1C(=O)OC(C)(C)C. The Morgan fingerprint density at radius 1 is 1.45 bits per heavy atom. The molecule has 0 radical (unpaired) electrons. The largest absolute Gasteiger partial charge is 0.444 e. The standard InChI is InChI=1S/C14H18Br2N4O2/c1-8-5-9(7-19(8)13(21)22-14(2,3)4)20-12(16)10(6-17)11(15)18-20/h8-9H,5,7H2,1-4H3/t8-,9-/m0/s1. The number of hydrogen-bond donors (Lipinski definition) is 0. The summed E-state index contributed by atoms with van der Waals surface area (Å²) in [5.74, 6) is 0. The van der Waals surface area contributed by atoms with Crippen molar-refractivity contribution >= 4 is 38.0 Å². The molecule has 120 valence electrons. The fourth-order valence-corrected chi connectivity index (χ4v) is 3.84. The Kier molecular flexibility index (Phi) is 4.87. The predicted octanol–water partition coefficient (Wildman–Crippen LogP) is 3.85. The Morgan fingerprint density at radius 2 is 2.09 bits per heavy atom. The predicted molar refractivity (Wildman–Crippen MR) is 88.4 cm³/mol. The van der Waals surface area contributed by atoms with E-state index >= 15 is 0 Å². The maximum atomic E-state index is 12.3. The minimum atomic E-state index is -0.516. The second-order valence-electron chi connectivity index (χ2n) is 6.38. The summed E-state index contributed by atoms with van der Waals surface area (Å²) in [4.78, 5) is 14.0. The summed E-state index contributed by atoms with van der Waals surface area (Å²) in [6, 6.07) is 2.17. The van der Waals surface area contributed by atoms with Gasteiger partial charge in [0.25, 0.3) is 0 Å². The maximum Gasteiger partial charge on any atom is 0.410 e. The lowest BCUT2D eigenvalue weighted by Crippen LogP contribution is -2.38. The van der Waals surface area contributed by atoms with Gasteiger partial charge in [-0.05, 0) is 66.0 Å². The lowest BCUT2D eigenvalue weighted by Gasteiger charge is -2.26. The minimum Gasteiger partial charge on any atom is -0.444 e. The van der Waals surface area contributed by atoms with Crippen LogP contribution in [0.4, 0.5) is 4.79 Å². The third kappa shape index (κ3) is 3.46. The number of nitriles is 1. The Hall–Kier alpha value is -1.07. The molecule has 1 aromatic heterocycles. The number of aromatic nitrogens is 2. The van der Waals surface area contributed by atoms with Crippen molar-refractivity contribution in [2.75, 3.05) is 6.54 Å². The molecule has 1 aliphatic heterocycles. The van der Waals surface area contributed by atoms with Crippen molar-refractivity contribution in [1.29, 1.82) is 5.26 Å². The number of rotatable bonds is 1. The zero-order valence-electron chi connectivity index (χ0n) is 12.9. The molecule has 0 aromatic carbocycles. The number of likely N-dealkylation sites (tertiary alicyclic amines) is 1. The van der Waals surface area contributed by atoms with E-state index in [1.807, 2.05) is 27.7 Å². The first-order valence-electron chi connectivity index (χ1n) is 6.97. The van der Waals surface area contributed by atoms with E-state index < -0.39 is 5.60 Å². The van der Waals surface area contributed by atoms with Crippen LogP contribution in [-0.4, -0.2) is 39.0 Å². The van der Waals surface area contributed by atoms with Gasteiger partial charge in [0.15, 0.2) is 0 Å². The van der Waals surface area contributed by atoms with Crippen LogP contribution in [0.5, 0.6) is 0 Å². The summed E-state index contributed by atoms with van der Waals surface area (Å²) in [6.45, 7) is 8.05. The van der Waals surface area contributed by atoms with Crippen molar-refractivity contribution in [2.24, 2.45) is 0 Å². The molecule has 0 spiro atoms. The number of hydrogen-bond acceptors (Lipinski definition) is 4. The second kappa shape index (κ2) is 6.20. The van der Waals surface area contributed by atoms with Gasteiger partial charge in [-0.15, -0.1) is 0 Å². The molecule has 1 amide bonds. The first kappa shape index (κ1) is 17.3. The van der Waals surface area contributed by atoms with Gasteiger partial charge in [0, 0.05) is 12.6 Å². The van der Waals surface area contributed by atoms with Gasteiger partial charge in [0.2, 0.25) is 0 Å². The van der Waals surface area contributed by atoms with Gasteiger partial charge in [-0.3, -0.25) is 4.68 Å². The molecule has 8 heteroatoms. The molecule has 2 rings (SSSR count). The van der Waals surface area contributed by atoms with Gasteiger partial charge in [-0.2, -0.15) is 10.4 Å². The average molecular weight is 434 g/mol. The van der Waals surface area contributed by atoms with Crippen molar-refractivity contribution in [3.8, 4) is 6.07 Å². The summed E-state index contributed by atoms with van der Waals surface area (Å²) < 4.78 is 8.33. The quantitative estimate of drug-likeness (QED) is 0.674. The highest BCUT2D eigenvalue weighted by Crippen LogP contribution is 2.33. The number of nitrogens with zero attached hydrogens (tertiary/aromatic N) is 4. The van der Waals surface area contributed by atoms with Crippen LogP contribution < -0.4 is 0 Å². The lowest BCUT2D eigenvalue weighted by molar-refractivity contribution is 0.0234. The van der Waals surface area contributed by atoms with Gasteiger partial charge < -0.3 is 9.64 Å². The van der Waals surface area contributed by atoms with Crippen molar-refractivity contribution in [3.05, 3.63) is 14.8 Å². The molecular formula is C14H18Br2N4O2. The number of carbonyl (C=O) groups excluding carboxylic acids is 1. The number of ether oxygens (including phenoxy) is 1. The highest BCUT2D eigenvalue weighted by Gasteiger charge is 2.37. The van der Waals surface area contributed by atoms with E-state index in [9.17, 15) is 4.79 Å². The van der Waals surface area contributed by atoms with Gasteiger partial charge in [0.05, 0.1) is 6.04 Å². The van der Waals surface area contributed by atoms with E-state index in [2.05, 4.69) is 43.0 Å². The van der Waals surface area contributed by atoms with Crippen molar-refractivity contribution in [2.45, 2.75) is 51.8 Å². The van der Waals surface area contributed by atoms with Gasteiger partial charge in [-0.1, -0.05) is 0 Å². The molecule has 0 N–H and O–H groups in total. The summed E-state index contributed by atoms with van der Waals surface area (Å²) >= 11 is 6.70. The molecule has 22 heavy (non-hydrogen) atoms. The number of amides is 1. The molecule has 6 nitrogen and oxygen atoms in total. The van der Waals surface area contributed by atoms with Crippen LogP contribution in [0.25, 0.3) is 0 Å². The Morgan fingerprint density at radius 3 is 2.59 bits per heavy atom. The third-order valence-electron chi connectivity index (χ3n) is 3.45. The van der Waals surface area contributed by atoms with Crippen LogP contribution in [0.1, 0.15) is 45.7 Å². The van der Waals surface area contributed by atoms with E-state index in [-0.39, 0.29) is 18.2 Å². The molecule has 0 aliphatic carbocycles. The van der Waals surface area contributed by atoms with Gasteiger partial charge in [-0.25, -0.2) is 4.79 Å². The highest BCUT2D eigenvalue weighted by molar-refractivity contribution is 9.11. The summed E-state index contributed by atoms with van der Waals surface area (Å²) in [7, 11) is 0. The van der Waals surface area contributed by atoms with Crippen LogP contribution in [0, 0.1) is 11.3 Å². The monoisotopic (exact) mass is 432 g/mol. The normalized spacial score (nSPS) is 21.8. The molecule has 0 bridgehead atoms. The van der Waals surface area contributed by atoms with Crippen LogP contribution in [0.15, 0.2) is 9.21 Å². The molecule has 1 aromatic rings. The van der Waals surface area contributed by atoms with E-state index in [0.717, 1.165) is 6.42 Å². The van der Waals surface area contributed by atoms with Crippen molar-refractivity contribution in [1.82, 2.24) is 14.7 Å². The summed E-state index contributed by atoms with van der Waals surface area (Å²) in [5, 5.41) is 13.5.